The molecule has 2 aliphatic heterocycles. The highest BCUT2D eigenvalue weighted by molar-refractivity contribution is 7.98. The number of amides is 1. The van der Waals surface area contributed by atoms with Crippen LogP contribution in [0.4, 0.5) is 0 Å². The number of hydrogen-bond acceptors (Lipinski definition) is 8. The van der Waals surface area contributed by atoms with Gasteiger partial charge in [-0.2, -0.15) is 0 Å². The molecule has 3 heterocycles. The molecule has 7 nitrogen and oxygen atoms in total. The molecular weight excluding hydrogens is 446 g/mol. The van der Waals surface area contributed by atoms with E-state index >= 15 is 0 Å². The number of ketones is 1. The monoisotopic (exact) mass is 473 g/mol. The topological polar surface area (TPSA) is 83.0 Å². The third kappa shape index (κ3) is 4.47. The summed E-state index contributed by atoms with van der Waals surface area (Å²) in [7, 11) is 0. The molecule has 1 N–H and O–H groups in total. The molecule has 0 aliphatic carbocycles. The zero-order chi connectivity index (χ0) is 22.8. The first-order chi connectivity index (χ1) is 15.4. The Kier molecular flexibility index (Phi) is 6.99. The van der Waals surface area contributed by atoms with Crippen LogP contribution in [0.1, 0.15) is 32.0 Å². The summed E-state index contributed by atoms with van der Waals surface area (Å²) in [6, 6.07) is 7.19. The van der Waals surface area contributed by atoms with E-state index in [1.54, 1.807) is 23.6 Å². The van der Waals surface area contributed by atoms with Gasteiger partial charge in [-0.25, -0.2) is 4.98 Å². The minimum absolute atomic E-state index is 0.139. The highest BCUT2D eigenvalue weighted by Gasteiger charge is 2.44. The van der Waals surface area contributed by atoms with Crippen LogP contribution >= 0.6 is 23.1 Å². The standard InChI is InChI=1S/C23H27N3O4S2/c1-14-22(32-15(2)24-14)20(27)18-19(16-4-6-17(31-3)7-5-16)26(23(29)21(18)28)9-8-25-10-12-30-13-11-25/h4-7,19,28H,8-13H2,1-3H3. The van der Waals surface area contributed by atoms with Gasteiger partial charge < -0.3 is 14.7 Å². The van der Waals surface area contributed by atoms with Crippen molar-refractivity contribution < 1.29 is 19.4 Å². The summed E-state index contributed by atoms with van der Waals surface area (Å²) in [6.07, 6.45) is 2.00. The first kappa shape index (κ1) is 23.0. The number of aliphatic hydroxyl groups is 1. The van der Waals surface area contributed by atoms with Gasteiger partial charge in [0.1, 0.15) is 0 Å². The Bertz CT molecular complexity index is 1040. The molecule has 1 unspecified atom stereocenters. The Hall–Kier alpha value is -2.20. The Balaban J connectivity index is 1.69. The van der Waals surface area contributed by atoms with Crippen LogP contribution in [-0.4, -0.2) is 77.2 Å². The Morgan fingerprint density at radius 1 is 1.22 bits per heavy atom. The lowest BCUT2D eigenvalue weighted by Gasteiger charge is -2.31. The summed E-state index contributed by atoms with van der Waals surface area (Å²) < 4.78 is 5.41. The van der Waals surface area contributed by atoms with Crippen LogP contribution in [0.15, 0.2) is 40.5 Å². The fourth-order valence-corrected chi connectivity index (χ4v) is 5.47. The molecule has 1 aromatic heterocycles. The minimum Gasteiger partial charge on any atom is -0.503 e. The number of Topliss-reactive ketones (excluding diaryl/α,β-unsaturated/α-hetero) is 1. The molecule has 1 amide bonds. The second-order valence-electron chi connectivity index (χ2n) is 7.87. The van der Waals surface area contributed by atoms with Crippen LogP contribution in [0.5, 0.6) is 0 Å². The molecule has 0 bridgehead atoms. The third-order valence-corrected chi connectivity index (χ3v) is 7.67. The fraction of sp³-hybridized carbons (Fsp3) is 0.435. The van der Waals surface area contributed by atoms with Gasteiger partial charge in [-0.3, -0.25) is 14.5 Å². The summed E-state index contributed by atoms with van der Waals surface area (Å²) in [4.78, 5) is 36.4. The molecule has 1 atom stereocenters. The molecule has 0 saturated carbocycles. The van der Waals surface area contributed by atoms with Gasteiger partial charge in [-0.05, 0) is 37.8 Å². The summed E-state index contributed by atoms with van der Waals surface area (Å²) in [5, 5.41) is 11.6. The number of aryl methyl sites for hydroxylation is 2. The van der Waals surface area contributed by atoms with Crippen LogP contribution < -0.4 is 0 Å². The van der Waals surface area contributed by atoms with Crippen molar-refractivity contribution in [3.05, 3.63) is 56.7 Å². The second kappa shape index (κ2) is 9.74. The van der Waals surface area contributed by atoms with Crippen LogP contribution in [-0.2, 0) is 9.53 Å². The van der Waals surface area contributed by atoms with Crippen LogP contribution in [0.25, 0.3) is 0 Å². The molecule has 4 rings (SSSR count). The summed E-state index contributed by atoms with van der Waals surface area (Å²) >= 11 is 2.92. The number of carbonyl (C=O) groups is 2. The zero-order valence-corrected chi connectivity index (χ0v) is 20.1. The molecule has 0 radical (unpaired) electrons. The van der Waals surface area contributed by atoms with Gasteiger partial charge in [-0.15, -0.1) is 23.1 Å². The number of carbonyl (C=O) groups excluding carboxylic acids is 2. The Morgan fingerprint density at radius 2 is 1.91 bits per heavy atom. The number of aliphatic hydroxyl groups excluding tert-OH is 1. The van der Waals surface area contributed by atoms with Gasteiger partial charge in [0.25, 0.3) is 5.91 Å². The SMILES string of the molecule is CSc1ccc(C2C(C(=O)c3sc(C)nc3C)=C(O)C(=O)N2CCN2CCOCC2)cc1. The van der Waals surface area contributed by atoms with Gasteiger partial charge in [-0.1, -0.05) is 12.1 Å². The molecule has 2 aliphatic rings. The van der Waals surface area contributed by atoms with Crippen molar-refractivity contribution in [1.29, 1.82) is 0 Å². The number of rotatable bonds is 7. The van der Waals surface area contributed by atoms with Crippen LogP contribution in [0, 0.1) is 13.8 Å². The lowest BCUT2D eigenvalue weighted by atomic mass is 9.95. The van der Waals surface area contributed by atoms with Crippen LogP contribution in [0.2, 0.25) is 0 Å². The molecule has 1 saturated heterocycles. The maximum Gasteiger partial charge on any atom is 0.290 e. The quantitative estimate of drug-likeness (QED) is 0.487. The molecule has 1 fully saturated rings. The van der Waals surface area contributed by atoms with Crippen molar-refractivity contribution >= 4 is 34.8 Å². The maximum absolute atomic E-state index is 13.5. The van der Waals surface area contributed by atoms with Crippen molar-refractivity contribution in [3.63, 3.8) is 0 Å². The minimum atomic E-state index is -0.631. The van der Waals surface area contributed by atoms with E-state index in [-0.39, 0.29) is 11.4 Å². The lowest BCUT2D eigenvalue weighted by molar-refractivity contribution is -0.129. The molecular formula is C23H27N3O4S2. The van der Waals surface area contributed by atoms with Crippen molar-refractivity contribution in [3.8, 4) is 0 Å². The van der Waals surface area contributed by atoms with E-state index in [1.165, 1.54) is 11.3 Å². The first-order valence-electron chi connectivity index (χ1n) is 10.6. The average Bonchev–Trinajstić information content (AvgIpc) is 3.28. The highest BCUT2D eigenvalue weighted by Crippen LogP contribution is 2.40. The normalized spacial score (nSPS) is 19.8. The molecule has 170 valence electrons. The third-order valence-electron chi connectivity index (χ3n) is 5.85. The van der Waals surface area contributed by atoms with Gasteiger partial charge in [0.2, 0.25) is 5.78 Å². The highest BCUT2D eigenvalue weighted by atomic mass is 32.2. The summed E-state index contributed by atoms with van der Waals surface area (Å²) in [5.41, 5.74) is 1.57. The Morgan fingerprint density at radius 3 is 2.50 bits per heavy atom. The number of nitrogens with zero attached hydrogens (tertiary/aromatic N) is 3. The van der Waals surface area contributed by atoms with E-state index in [0.717, 1.165) is 28.6 Å². The fourth-order valence-electron chi connectivity index (χ4n) is 4.19. The van der Waals surface area contributed by atoms with E-state index in [4.69, 9.17) is 4.74 Å². The van der Waals surface area contributed by atoms with E-state index < -0.39 is 17.7 Å². The molecule has 32 heavy (non-hydrogen) atoms. The summed E-state index contributed by atoms with van der Waals surface area (Å²) in [6.45, 7) is 7.64. The van der Waals surface area contributed by atoms with Gasteiger partial charge >= 0.3 is 0 Å². The molecule has 2 aromatic rings. The van der Waals surface area contributed by atoms with E-state index in [9.17, 15) is 14.7 Å². The Labute approximate surface area is 196 Å². The molecule has 0 spiro atoms. The molecule has 1 aromatic carbocycles. The lowest BCUT2D eigenvalue weighted by Crippen LogP contribution is -2.43. The van der Waals surface area contributed by atoms with Crippen molar-refractivity contribution in [1.82, 2.24) is 14.8 Å². The van der Waals surface area contributed by atoms with Gasteiger partial charge in [0.05, 0.1) is 40.4 Å². The summed E-state index contributed by atoms with van der Waals surface area (Å²) in [5.74, 6) is -1.28. The van der Waals surface area contributed by atoms with Crippen molar-refractivity contribution in [2.75, 3.05) is 45.6 Å². The largest absolute Gasteiger partial charge is 0.503 e. The van der Waals surface area contributed by atoms with E-state index in [0.29, 0.717) is 36.9 Å². The number of ether oxygens (including phenoxy) is 1. The number of morpholine rings is 1. The number of hydrogen-bond donors (Lipinski definition) is 1. The first-order valence-corrected chi connectivity index (χ1v) is 12.6. The number of thioether (sulfide) groups is 1. The number of aromatic nitrogens is 1. The second-order valence-corrected chi connectivity index (χ2v) is 9.95. The average molecular weight is 474 g/mol. The smallest absolute Gasteiger partial charge is 0.290 e. The predicted octanol–water partition coefficient (Wildman–Crippen LogP) is 3.39. The molecule has 9 heteroatoms. The van der Waals surface area contributed by atoms with Crippen LogP contribution in [0.3, 0.4) is 0 Å². The van der Waals surface area contributed by atoms with Crippen molar-refractivity contribution in [2.24, 2.45) is 0 Å². The van der Waals surface area contributed by atoms with E-state index in [2.05, 4.69) is 9.88 Å². The van der Waals surface area contributed by atoms with Crippen molar-refractivity contribution in [2.45, 2.75) is 24.8 Å². The van der Waals surface area contributed by atoms with Gasteiger partial charge in [0, 0.05) is 31.1 Å². The number of thiazole rings is 1. The number of benzene rings is 1. The van der Waals surface area contributed by atoms with E-state index in [1.807, 2.05) is 37.4 Å². The predicted molar refractivity (Wildman–Crippen MR) is 126 cm³/mol. The zero-order valence-electron chi connectivity index (χ0n) is 18.5. The maximum atomic E-state index is 13.5. The van der Waals surface area contributed by atoms with Gasteiger partial charge in [0.15, 0.2) is 5.76 Å².